The van der Waals surface area contributed by atoms with Gasteiger partial charge >= 0.3 is 11.9 Å². The average molecular weight is 236 g/mol. The third kappa shape index (κ3) is 5.23. The lowest BCUT2D eigenvalue weighted by Gasteiger charge is -2.14. The summed E-state index contributed by atoms with van der Waals surface area (Å²) in [6.07, 6.45) is -0.694. The van der Waals surface area contributed by atoms with E-state index >= 15 is 0 Å². The molecule has 0 aliphatic rings. The largest absolute Gasteiger partial charge is 0.481 e. The summed E-state index contributed by atoms with van der Waals surface area (Å²) in [7, 11) is 0. The number of nitrogens with one attached hydrogen (secondary N) is 1. The van der Waals surface area contributed by atoms with Crippen LogP contribution in [0.4, 0.5) is 0 Å². The quantitative estimate of drug-likeness (QED) is 0.349. The molecular weight excluding hydrogens is 224 g/mol. The summed E-state index contributed by atoms with van der Waals surface area (Å²) in [5, 5.41) is 19.0. The van der Waals surface area contributed by atoms with Crippen LogP contribution in [-0.2, 0) is 14.4 Å². The molecule has 0 aromatic carbocycles. The first-order valence-corrected chi connectivity index (χ1v) is 4.63. The lowest BCUT2D eigenvalue weighted by molar-refractivity contribution is -0.147. The number of carboxylic acid groups (broad SMARTS) is 2. The van der Waals surface area contributed by atoms with Crippen molar-refractivity contribution in [2.24, 2.45) is 5.73 Å². The van der Waals surface area contributed by atoms with E-state index in [1.807, 2.05) is 5.32 Å². The van der Waals surface area contributed by atoms with Gasteiger partial charge in [0.05, 0.1) is 12.5 Å². The van der Waals surface area contributed by atoms with Gasteiger partial charge in [-0.15, -0.1) is 0 Å². The van der Waals surface area contributed by atoms with E-state index in [2.05, 4.69) is 12.6 Å². The van der Waals surface area contributed by atoms with E-state index in [0.717, 1.165) is 0 Å². The summed E-state index contributed by atoms with van der Waals surface area (Å²) in [6, 6.07) is -2.43. The van der Waals surface area contributed by atoms with Crippen molar-refractivity contribution in [2.45, 2.75) is 18.5 Å². The third-order valence-corrected chi connectivity index (χ3v) is 1.92. The van der Waals surface area contributed by atoms with Crippen LogP contribution in [0.5, 0.6) is 0 Å². The van der Waals surface area contributed by atoms with Crippen LogP contribution in [0.1, 0.15) is 6.42 Å². The number of amides is 1. The van der Waals surface area contributed by atoms with Gasteiger partial charge in [0.1, 0.15) is 6.04 Å². The summed E-state index contributed by atoms with van der Waals surface area (Å²) in [5.74, 6) is -3.43. The number of carboxylic acids is 2. The molecule has 8 heteroatoms. The molecule has 0 aromatic rings. The minimum absolute atomic E-state index is 0.0469. The maximum absolute atomic E-state index is 11.1. The standard InChI is InChI=1S/C7H12N2O5S/c8-3(2-15)6(12)9-4(7(13)14)1-5(10)11/h3-4,15H,1-2,8H2,(H,9,12)(H,10,11)(H,13,14). The molecule has 0 aliphatic carbocycles. The molecule has 0 saturated heterocycles. The van der Waals surface area contributed by atoms with Crippen LogP contribution >= 0.6 is 12.6 Å². The van der Waals surface area contributed by atoms with Crippen molar-refractivity contribution in [3.8, 4) is 0 Å². The molecule has 0 radical (unpaired) electrons. The van der Waals surface area contributed by atoms with Crippen LogP contribution in [0.3, 0.4) is 0 Å². The number of hydrogen-bond acceptors (Lipinski definition) is 5. The van der Waals surface area contributed by atoms with Crippen molar-refractivity contribution >= 4 is 30.5 Å². The molecule has 0 aromatic heterocycles. The SMILES string of the molecule is NC(CS)C(=O)NC(CC(=O)O)C(=O)O. The minimum atomic E-state index is -1.47. The highest BCUT2D eigenvalue weighted by molar-refractivity contribution is 7.80. The molecule has 0 fully saturated rings. The number of rotatable bonds is 6. The Hall–Kier alpha value is -1.28. The number of thiol groups is 1. The second-order valence-electron chi connectivity index (χ2n) is 2.79. The highest BCUT2D eigenvalue weighted by Gasteiger charge is 2.24. The van der Waals surface area contributed by atoms with Crippen molar-refractivity contribution in [3.63, 3.8) is 0 Å². The van der Waals surface area contributed by atoms with Gasteiger partial charge in [0.25, 0.3) is 0 Å². The molecule has 15 heavy (non-hydrogen) atoms. The van der Waals surface area contributed by atoms with Gasteiger partial charge in [-0.2, -0.15) is 12.6 Å². The van der Waals surface area contributed by atoms with Gasteiger partial charge in [0.15, 0.2) is 0 Å². The van der Waals surface area contributed by atoms with Crippen molar-refractivity contribution in [1.29, 1.82) is 0 Å². The van der Waals surface area contributed by atoms with Gasteiger partial charge in [-0.3, -0.25) is 9.59 Å². The second kappa shape index (κ2) is 6.25. The first-order valence-electron chi connectivity index (χ1n) is 4.00. The van der Waals surface area contributed by atoms with Gasteiger partial charge in [-0.25, -0.2) is 4.79 Å². The molecule has 2 atom stereocenters. The topological polar surface area (TPSA) is 130 Å². The highest BCUT2D eigenvalue weighted by atomic mass is 32.1. The molecule has 2 unspecified atom stereocenters. The van der Waals surface area contributed by atoms with Gasteiger partial charge in [-0.1, -0.05) is 0 Å². The van der Waals surface area contributed by atoms with E-state index in [9.17, 15) is 14.4 Å². The Morgan fingerprint density at radius 3 is 2.20 bits per heavy atom. The fourth-order valence-corrected chi connectivity index (χ4v) is 0.902. The normalized spacial score (nSPS) is 14.0. The maximum atomic E-state index is 11.1. The number of hydrogen-bond donors (Lipinski definition) is 5. The van der Waals surface area contributed by atoms with Gasteiger partial charge in [-0.05, 0) is 0 Å². The van der Waals surface area contributed by atoms with Crippen LogP contribution in [0.25, 0.3) is 0 Å². The fourth-order valence-electron chi connectivity index (χ4n) is 0.736. The van der Waals surface area contributed by atoms with E-state index in [1.165, 1.54) is 0 Å². The Kier molecular flexibility index (Phi) is 5.72. The predicted molar refractivity (Wildman–Crippen MR) is 53.6 cm³/mol. The fraction of sp³-hybridized carbons (Fsp3) is 0.571. The lowest BCUT2D eigenvalue weighted by Crippen LogP contribution is -2.49. The number of carbonyl (C=O) groups excluding carboxylic acids is 1. The lowest BCUT2D eigenvalue weighted by atomic mass is 10.2. The van der Waals surface area contributed by atoms with E-state index in [-0.39, 0.29) is 5.75 Å². The van der Waals surface area contributed by atoms with E-state index in [4.69, 9.17) is 15.9 Å². The zero-order valence-corrected chi connectivity index (χ0v) is 8.61. The third-order valence-electron chi connectivity index (χ3n) is 1.53. The monoisotopic (exact) mass is 236 g/mol. The zero-order valence-electron chi connectivity index (χ0n) is 7.71. The van der Waals surface area contributed by atoms with Crippen LogP contribution in [0.2, 0.25) is 0 Å². The summed E-state index contributed by atoms with van der Waals surface area (Å²) in [6.45, 7) is 0. The highest BCUT2D eigenvalue weighted by Crippen LogP contribution is 1.94. The van der Waals surface area contributed by atoms with Crippen LogP contribution in [0, 0.1) is 0 Å². The van der Waals surface area contributed by atoms with Gasteiger partial charge in [0, 0.05) is 5.75 Å². The Balaban J connectivity index is 4.35. The molecule has 0 spiro atoms. The molecule has 5 N–H and O–H groups in total. The smallest absolute Gasteiger partial charge is 0.326 e. The summed E-state index contributed by atoms with van der Waals surface area (Å²) in [5.41, 5.74) is 5.27. The first kappa shape index (κ1) is 13.7. The summed E-state index contributed by atoms with van der Waals surface area (Å²) < 4.78 is 0. The number of aliphatic carboxylic acids is 2. The number of carbonyl (C=O) groups is 3. The zero-order chi connectivity index (χ0) is 12.0. The van der Waals surface area contributed by atoms with Crippen LogP contribution < -0.4 is 11.1 Å². The first-order chi connectivity index (χ1) is 6.88. The summed E-state index contributed by atoms with van der Waals surface area (Å²) >= 11 is 3.75. The predicted octanol–water partition coefficient (Wildman–Crippen LogP) is -1.71. The second-order valence-corrected chi connectivity index (χ2v) is 3.15. The van der Waals surface area contributed by atoms with E-state index < -0.39 is 36.4 Å². The van der Waals surface area contributed by atoms with Crippen LogP contribution in [0.15, 0.2) is 0 Å². The Bertz CT molecular complexity index is 270. The van der Waals surface area contributed by atoms with Crippen molar-refractivity contribution < 1.29 is 24.6 Å². The molecule has 0 bridgehead atoms. The minimum Gasteiger partial charge on any atom is -0.481 e. The molecule has 7 nitrogen and oxygen atoms in total. The summed E-state index contributed by atoms with van der Waals surface area (Å²) in [4.78, 5) is 31.9. The average Bonchev–Trinajstić information content (AvgIpc) is 2.14. The van der Waals surface area contributed by atoms with Crippen LogP contribution in [-0.4, -0.2) is 45.9 Å². The molecular formula is C7H12N2O5S. The Morgan fingerprint density at radius 2 is 1.87 bits per heavy atom. The molecule has 0 rings (SSSR count). The molecule has 0 saturated carbocycles. The Labute approximate surface area is 91.0 Å². The van der Waals surface area contributed by atoms with Gasteiger partial charge in [0.2, 0.25) is 5.91 Å². The molecule has 0 aliphatic heterocycles. The molecule has 1 amide bonds. The maximum Gasteiger partial charge on any atom is 0.326 e. The van der Waals surface area contributed by atoms with Crippen molar-refractivity contribution in [2.75, 3.05) is 5.75 Å². The molecule has 0 heterocycles. The van der Waals surface area contributed by atoms with Crippen molar-refractivity contribution in [3.05, 3.63) is 0 Å². The Morgan fingerprint density at radius 1 is 1.33 bits per heavy atom. The molecule has 86 valence electrons. The van der Waals surface area contributed by atoms with E-state index in [0.29, 0.717) is 0 Å². The van der Waals surface area contributed by atoms with Crippen molar-refractivity contribution in [1.82, 2.24) is 5.32 Å². The van der Waals surface area contributed by atoms with Gasteiger partial charge < -0.3 is 21.3 Å². The number of nitrogens with two attached hydrogens (primary N) is 1. The van der Waals surface area contributed by atoms with E-state index in [1.54, 1.807) is 0 Å².